The van der Waals surface area contributed by atoms with Crippen molar-refractivity contribution in [3.05, 3.63) is 63.1 Å². The van der Waals surface area contributed by atoms with Gasteiger partial charge in [-0.15, -0.1) is 11.3 Å². The van der Waals surface area contributed by atoms with E-state index in [0.717, 1.165) is 11.9 Å². The van der Waals surface area contributed by atoms with Gasteiger partial charge in [-0.1, -0.05) is 18.2 Å². The number of amides is 1. The summed E-state index contributed by atoms with van der Waals surface area (Å²) in [5, 5.41) is 4.70. The number of nitrogens with zero attached hydrogens (tertiary/aromatic N) is 2. The second-order valence-corrected chi connectivity index (χ2v) is 7.44. The number of carbonyl (C=O) groups excluding carboxylic acids is 1. The van der Waals surface area contributed by atoms with Crippen molar-refractivity contribution in [2.24, 2.45) is 0 Å². The lowest BCUT2D eigenvalue weighted by molar-refractivity contribution is 0.0957. The summed E-state index contributed by atoms with van der Waals surface area (Å²) in [5.74, 6) is -0.155. The molecule has 0 bridgehead atoms. The zero-order chi connectivity index (χ0) is 19.0. The zero-order valence-corrected chi connectivity index (χ0v) is 16.0. The monoisotopic (exact) mass is 380 g/mol. The molecule has 0 aliphatic heterocycles. The molecule has 0 aliphatic carbocycles. The molecule has 0 aliphatic rings. The highest BCUT2D eigenvalue weighted by Gasteiger charge is 2.19. The molecule has 0 saturated carbocycles. The van der Waals surface area contributed by atoms with Crippen molar-refractivity contribution in [2.45, 2.75) is 26.8 Å². The molecular weight excluding hydrogens is 360 g/mol. The van der Waals surface area contributed by atoms with Gasteiger partial charge in [-0.2, -0.15) is 0 Å². The molecule has 4 aromatic rings. The van der Waals surface area contributed by atoms with E-state index >= 15 is 0 Å². The SMILES string of the molecule is CCn1cnc2sc(C(=O)NCCc3c[nH]c4ccccc34)c(C)c2c1=O. The third-order valence-electron chi connectivity index (χ3n) is 4.82. The van der Waals surface area contributed by atoms with Crippen molar-refractivity contribution in [2.75, 3.05) is 6.54 Å². The molecule has 0 atom stereocenters. The zero-order valence-electron chi connectivity index (χ0n) is 15.2. The lowest BCUT2D eigenvalue weighted by Gasteiger charge is -2.04. The number of aromatic amines is 1. The number of hydrogen-bond donors (Lipinski definition) is 2. The van der Waals surface area contributed by atoms with E-state index in [1.165, 1.54) is 22.3 Å². The van der Waals surface area contributed by atoms with E-state index in [1.54, 1.807) is 10.9 Å². The first kappa shape index (κ1) is 17.5. The quantitative estimate of drug-likeness (QED) is 0.558. The number of rotatable bonds is 5. The van der Waals surface area contributed by atoms with Crippen LogP contribution < -0.4 is 10.9 Å². The van der Waals surface area contributed by atoms with Gasteiger partial charge in [0.1, 0.15) is 4.83 Å². The van der Waals surface area contributed by atoms with Gasteiger partial charge in [0.15, 0.2) is 0 Å². The number of hydrogen-bond acceptors (Lipinski definition) is 4. The maximum Gasteiger partial charge on any atom is 0.262 e. The van der Waals surface area contributed by atoms with E-state index in [0.29, 0.717) is 33.7 Å². The third-order valence-corrected chi connectivity index (χ3v) is 6.02. The number of aromatic nitrogens is 3. The fraction of sp³-hybridized carbons (Fsp3) is 0.250. The van der Waals surface area contributed by atoms with E-state index < -0.39 is 0 Å². The molecule has 3 heterocycles. The Morgan fingerprint density at radius 2 is 2.15 bits per heavy atom. The number of fused-ring (bicyclic) bond motifs is 2. The highest BCUT2D eigenvalue weighted by Crippen LogP contribution is 2.26. The first-order chi connectivity index (χ1) is 13.1. The fourth-order valence-electron chi connectivity index (χ4n) is 3.33. The molecule has 1 aromatic carbocycles. The Kier molecular flexibility index (Phi) is 4.53. The third kappa shape index (κ3) is 3.04. The van der Waals surface area contributed by atoms with E-state index in [1.807, 2.05) is 38.2 Å². The second kappa shape index (κ2) is 7.00. The molecule has 0 saturated heterocycles. The van der Waals surface area contributed by atoms with E-state index in [-0.39, 0.29) is 11.5 Å². The molecule has 138 valence electrons. The number of nitrogens with one attached hydrogen (secondary N) is 2. The summed E-state index contributed by atoms with van der Waals surface area (Å²) in [6.45, 7) is 4.80. The van der Waals surface area contributed by atoms with Crippen LogP contribution in [-0.4, -0.2) is 27.0 Å². The Morgan fingerprint density at radius 3 is 2.96 bits per heavy atom. The van der Waals surface area contributed by atoms with Crippen LogP contribution in [0.15, 0.2) is 41.6 Å². The second-order valence-electron chi connectivity index (χ2n) is 6.44. The van der Waals surface area contributed by atoms with Gasteiger partial charge in [0, 0.05) is 30.2 Å². The van der Waals surface area contributed by atoms with Gasteiger partial charge in [0.25, 0.3) is 11.5 Å². The largest absolute Gasteiger partial charge is 0.361 e. The number of H-pyrrole nitrogens is 1. The number of para-hydroxylation sites is 1. The molecule has 3 aromatic heterocycles. The molecule has 1 amide bonds. The van der Waals surface area contributed by atoms with Gasteiger partial charge in [-0.05, 0) is 37.5 Å². The van der Waals surface area contributed by atoms with Crippen LogP contribution in [0, 0.1) is 6.92 Å². The van der Waals surface area contributed by atoms with Gasteiger partial charge in [0.2, 0.25) is 0 Å². The summed E-state index contributed by atoms with van der Waals surface area (Å²) in [5.41, 5.74) is 2.89. The smallest absolute Gasteiger partial charge is 0.262 e. The van der Waals surface area contributed by atoms with Crippen LogP contribution in [0.3, 0.4) is 0 Å². The summed E-state index contributed by atoms with van der Waals surface area (Å²) >= 11 is 1.27. The molecule has 0 fully saturated rings. The Balaban J connectivity index is 1.52. The Morgan fingerprint density at radius 1 is 1.33 bits per heavy atom. The van der Waals surface area contributed by atoms with Crippen LogP contribution in [0.4, 0.5) is 0 Å². The number of carbonyl (C=O) groups is 1. The molecule has 0 radical (unpaired) electrons. The molecular formula is C20H20N4O2S. The van der Waals surface area contributed by atoms with Crippen molar-refractivity contribution >= 4 is 38.4 Å². The lowest BCUT2D eigenvalue weighted by atomic mass is 10.1. The number of benzene rings is 1. The molecule has 27 heavy (non-hydrogen) atoms. The number of thiophene rings is 1. The lowest BCUT2D eigenvalue weighted by Crippen LogP contribution is -2.25. The predicted octanol–water partition coefficient (Wildman–Crippen LogP) is 3.24. The Labute approximate surface area is 159 Å². The van der Waals surface area contributed by atoms with E-state index in [9.17, 15) is 9.59 Å². The van der Waals surface area contributed by atoms with Crippen molar-refractivity contribution in [1.29, 1.82) is 0 Å². The van der Waals surface area contributed by atoms with Crippen LogP contribution in [0.25, 0.3) is 21.1 Å². The summed E-state index contributed by atoms with van der Waals surface area (Å²) in [6, 6.07) is 8.11. The fourth-order valence-corrected chi connectivity index (χ4v) is 4.39. The van der Waals surface area contributed by atoms with Crippen molar-refractivity contribution in [3.63, 3.8) is 0 Å². The average Bonchev–Trinajstić information content (AvgIpc) is 3.24. The van der Waals surface area contributed by atoms with Crippen LogP contribution in [-0.2, 0) is 13.0 Å². The minimum Gasteiger partial charge on any atom is -0.361 e. The maximum absolute atomic E-state index is 12.6. The first-order valence-corrected chi connectivity index (χ1v) is 9.73. The van der Waals surface area contributed by atoms with Crippen molar-refractivity contribution in [1.82, 2.24) is 19.9 Å². The summed E-state index contributed by atoms with van der Waals surface area (Å²) in [7, 11) is 0. The molecule has 4 rings (SSSR count). The van der Waals surface area contributed by atoms with Crippen LogP contribution in [0.5, 0.6) is 0 Å². The van der Waals surface area contributed by atoms with Crippen molar-refractivity contribution < 1.29 is 4.79 Å². The van der Waals surface area contributed by atoms with Gasteiger partial charge in [0.05, 0.1) is 16.6 Å². The van der Waals surface area contributed by atoms with E-state index in [2.05, 4.69) is 21.4 Å². The van der Waals surface area contributed by atoms with Gasteiger partial charge in [-0.25, -0.2) is 4.98 Å². The van der Waals surface area contributed by atoms with Crippen LogP contribution in [0.2, 0.25) is 0 Å². The van der Waals surface area contributed by atoms with Gasteiger partial charge in [-0.3, -0.25) is 14.2 Å². The molecule has 0 spiro atoms. The normalized spacial score (nSPS) is 11.3. The average molecular weight is 380 g/mol. The molecule has 6 nitrogen and oxygen atoms in total. The molecule has 7 heteroatoms. The topological polar surface area (TPSA) is 79.8 Å². The van der Waals surface area contributed by atoms with E-state index in [4.69, 9.17) is 0 Å². The minimum absolute atomic E-state index is 0.0888. The predicted molar refractivity (Wildman–Crippen MR) is 109 cm³/mol. The Hall–Kier alpha value is -2.93. The van der Waals surface area contributed by atoms with Gasteiger partial charge >= 0.3 is 0 Å². The summed E-state index contributed by atoms with van der Waals surface area (Å²) in [4.78, 5) is 33.9. The summed E-state index contributed by atoms with van der Waals surface area (Å²) < 4.78 is 1.56. The standard InChI is InChI=1S/C20H20N4O2S/c1-3-24-11-23-19-16(20(24)26)12(2)17(27-19)18(25)21-9-8-13-10-22-15-7-5-4-6-14(13)15/h4-7,10-11,22H,3,8-9H2,1-2H3,(H,21,25). The van der Waals surface area contributed by atoms with Gasteiger partial charge < -0.3 is 10.3 Å². The highest BCUT2D eigenvalue weighted by atomic mass is 32.1. The van der Waals surface area contributed by atoms with Crippen molar-refractivity contribution in [3.8, 4) is 0 Å². The maximum atomic E-state index is 12.6. The van der Waals surface area contributed by atoms with Crippen LogP contribution in [0.1, 0.15) is 27.7 Å². The summed E-state index contributed by atoms with van der Waals surface area (Å²) in [6.07, 6.45) is 4.26. The number of aryl methyl sites for hydroxylation is 2. The molecule has 0 unspecified atom stereocenters. The highest BCUT2D eigenvalue weighted by molar-refractivity contribution is 7.20. The first-order valence-electron chi connectivity index (χ1n) is 8.92. The van der Waals surface area contributed by atoms with Crippen LogP contribution >= 0.6 is 11.3 Å². The Bertz CT molecular complexity index is 1200. The molecule has 2 N–H and O–H groups in total. The minimum atomic E-state index is -0.155.